The molecule has 0 bridgehead atoms. The fourth-order valence-corrected chi connectivity index (χ4v) is 5.23. The molecule has 2 aliphatic rings. The summed E-state index contributed by atoms with van der Waals surface area (Å²) in [6, 6.07) is -0.498. The Hall–Kier alpha value is -0.660. The lowest BCUT2D eigenvalue weighted by molar-refractivity contribution is -0.133. The van der Waals surface area contributed by atoms with Gasteiger partial charge in [-0.2, -0.15) is 4.31 Å². The lowest BCUT2D eigenvalue weighted by Gasteiger charge is -2.28. The largest absolute Gasteiger partial charge is 0.341 e. The van der Waals surface area contributed by atoms with Crippen LogP contribution in [-0.4, -0.2) is 61.5 Å². The molecule has 2 saturated heterocycles. The van der Waals surface area contributed by atoms with Gasteiger partial charge < -0.3 is 10.6 Å². The molecule has 0 radical (unpaired) electrons. The molecule has 22 heavy (non-hydrogen) atoms. The predicted molar refractivity (Wildman–Crippen MR) is 86.8 cm³/mol. The molecule has 0 aromatic rings. The van der Waals surface area contributed by atoms with Crippen molar-refractivity contribution in [2.24, 2.45) is 11.1 Å². The van der Waals surface area contributed by atoms with E-state index in [1.54, 1.807) is 0 Å². The minimum absolute atomic E-state index is 0.0276. The molecular weight excluding hydrogens is 302 g/mol. The summed E-state index contributed by atoms with van der Waals surface area (Å²) in [5.41, 5.74) is 5.76. The fraction of sp³-hybridized carbons (Fsp3) is 0.933. The number of nitrogens with zero attached hydrogens (tertiary/aromatic N) is 2. The van der Waals surface area contributed by atoms with E-state index in [1.165, 1.54) is 4.31 Å². The van der Waals surface area contributed by atoms with Crippen molar-refractivity contribution in [3.05, 3.63) is 0 Å². The average Bonchev–Trinajstić information content (AvgIpc) is 3.12. The molecule has 7 heteroatoms. The molecule has 2 rings (SSSR count). The predicted octanol–water partition coefficient (Wildman–Crippen LogP) is 0.778. The van der Waals surface area contributed by atoms with E-state index in [2.05, 4.69) is 6.92 Å². The Morgan fingerprint density at radius 3 is 2.68 bits per heavy atom. The Kier molecular flexibility index (Phi) is 5.50. The number of unbranched alkanes of at least 4 members (excludes halogenated alkanes) is 1. The Bertz CT molecular complexity index is 508. The van der Waals surface area contributed by atoms with Crippen molar-refractivity contribution in [3.63, 3.8) is 0 Å². The molecule has 2 aliphatic heterocycles. The smallest absolute Gasteiger partial charge is 0.241 e. The highest BCUT2D eigenvalue weighted by Gasteiger charge is 2.43. The lowest BCUT2D eigenvalue weighted by Crippen LogP contribution is -2.48. The number of carbonyl (C=O) groups excluding carboxylic acids is 1. The van der Waals surface area contributed by atoms with E-state index in [0.717, 1.165) is 19.3 Å². The second-order valence-corrected chi connectivity index (χ2v) is 9.00. The number of hydrogen-bond donors (Lipinski definition) is 1. The van der Waals surface area contributed by atoms with Gasteiger partial charge in [-0.15, -0.1) is 0 Å². The first kappa shape index (κ1) is 17.7. The van der Waals surface area contributed by atoms with Crippen LogP contribution >= 0.6 is 0 Å². The van der Waals surface area contributed by atoms with Crippen LogP contribution in [0.1, 0.15) is 46.0 Å². The minimum atomic E-state index is -3.32. The number of rotatable bonds is 6. The monoisotopic (exact) mass is 331 g/mol. The Morgan fingerprint density at radius 2 is 2.09 bits per heavy atom. The molecule has 6 nitrogen and oxygen atoms in total. The molecule has 2 unspecified atom stereocenters. The second kappa shape index (κ2) is 6.84. The summed E-state index contributed by atoms with van der Waals surface area (Å²) in [6.45, 7) is 6.42. The molecule has 2 fully saturated rings. The van der Waals surface area contributed by atoms with Crippen molar-refractivity contribution in [1.29, 1.82) is 0 Å². The average molecular weight is 331 g/mol. The van der Waals surface area contributed by atoms with Gasteiger partial charge in [0.1, 0.15) is 6.04 Å². The third-order valence-electron chi connectivity index (χ3n) is 4.96. The zero-order valence-corrected chi connectivity index (χ0v) is 14.6. The quantitative estimate of drug-likeness (QED) is 0.779. The molecule has 128 valence electrons. The molecule has 0 saturated carbocycles. The minimum Gasteiger partial charge on any atom is -0.341 e. The molecule has 2 heterocycles. The molecule has 0 spiro atoms. The van der Waals surface area contributed by atoms with Gasteiger partial charge in [-0.1, -0.05) is 20.3 Å². The van der Waals surface area contributed by atoms with Gasteiger partial charge in [0.2, 0.25) is 15.9 Å². The highest BCUT2D eigenvalue weighted by molar-refractivity contribution is 7.89. The van der Waals surface area contributed by atoms with E-state index >= 15 is 0 Å². The first-order chi connectivity index (χ1) is 10.3. The summed E-state index contributed by atoms with van der Waals surface area (Å²) >= 11 is 0. The van der Waals surface area contributed by atoms with Crippen LogP contribution in [0, 0.1) is 5.41 Å². The number of carbonyl (C=O) groups is 1. The maximum Gasteiger partial charge on any atom is 0.241 e. The van der Waals surface area contributed by atoms with E-state index in [1.807, 2.05) is 11.8 Å². The van der Waals surface area contributed by atoms with Gasteiger partial charge in [-0.05, 0) is 37.6 Å². The highest BCUT2D eigenvalue weighted by atomic mass is 32.2. The van der Waals surface area contributed by atoms with Crippen LogP contribution in [0.4, 0.5) is 0 Å². The van der Waals surface area contributed by atoms with Crippen molar-refractivity contribution in [3.8, 4) is 0 Å². The topological polar surface area (TPSA) is 83.7 Å². The summed E-state index contributed by atoms with van der Waals surface area (Å²) in [5, 5.41) is 0. The first-order valence-corrected chi connectivity index (χ1v) is 9.92. The van der Waals surface area contributed by atoms with Crippen LogP contribution in [0.3, 0.4) is 0 Å². The van der Waals surface area contributed by atoms with Crippen LogP contribution < -0.4 is 5.73 Å². The maximum atomic E-state index is 12.8. The zero-order chi connectivity index (χ0) is 16.4. The molecule has 0 aliphatic carbocycles. The molecule has 0 aromatic carbocycles. The molecule has 2 atom stereocenters. The standard InChI is InChI=1S/C15H29N3O3S/c1-3-4-10-22(20,21)18-8-5-6-13(18)14(19)17-9-7-15(2,11-16)12-17/h13H,3-12,16H2,1-2H3. The van der Waals surface area contributed by atoms with Gasteiger partial charge >= 0.3 is 0 Å². The van der Waals surface area contributed by atoms with Gasteiger partial charge in [-0.25, -0.2) is 8.42 Å². The van der Waals surface area contributed by atoms with E-state index in [0.29, 0.717) is 39.0 Å². The Labute approximate surface area is 134 Å². The SMILES string of the molecule is CCCCS(=O)(=O)N1CCCC1C(=O)N1CCC(C)(CN)C1. The summed E-state index contributed by atoms with van der Waals surface area (Å²) in [4.78, 5) is 14.6. The van der Waals surface area contributed by atoms with Crippen LogP contribution in [0.5, 0.6) is 0 Å². The van der Waals surface area contributed by atoms with Crippen molar-refractivity contribution in [2.45, 2.75) is 52.0 Å². The van der Waals surface area contributed by atoms with Crippen LogP contribution in [-0.2, 0) is 14.8 Å². The van der Waals surface area contributed by atoms with Crippen molar-refractivity contribution in [2.75, 3.05) is 31.9 Å². The summed E-state index contributed by atoms with van der Waals surface area (Å²) < 4.78 is 26.3. The maximum absolute atomic E-state index is 12.8. The molecule has 2 N–H and O–H groups in total. The third-order valence-corrected chi connectivity index (χ3v) is 6.92. The summed E-state index contributed by atoms with van der Waals surface area (Å²) in [7, 11) is -3.32. The Morgan fingerprint density at radius 1 is 1.36 bits per heavy atom. The number of likely N-dealkylation sites (tertiary alicyclic amines) is 1. The highest BCUT2D eigenvalue weighted by Crippen LogP contribution is 2.31. The number of sulfonamides is 1. The molecular formula is C15H29N3O3S. The van der Waals surface area contributed by atoms with Crippen LogP contribution in [0.25, 0.3) is 0 Å². The summed E-state index contributed by atoms with van der Waals surface area (Å²) in [6.07, 6.45) is 3.79. The van der Waals surface area contributed by atoms with Gasteiger partial charge in [0.15, 0.2) is 0 Å². The number of amides is 1. The van der Waals surface area contributed by atoms with Crippen molar-refractivity contribution in [1.82, 2.24) is 9.21 Å². The lowest BCUT2D eigenvalue weighted by atomic mass is 9.90. The van der Waals surface area contributed by atoms with E-state index in [-0.39, 0.29) is 17.1 Å². The van der Waals surface area contributed by atoms with Crippen LogP contribution in [0.15, 0.2) is 0 Å². The molecule has 0 aromatic heterocycles. The van der Waals surface area contributed by atoms with Crippen molar-refractivity contribution >= 4 is 15.9 Å². The first-order valence-electron chi connectivity index (χ1n) is 8.31. The Balaban J connectivity index is 2.06. The molecule has 1 amide bonds. The van der Waals surface area contributed by atoms with E-state index < -0.39 is 16.1 Å². The summed E-state index contributed by atoms with van der Waals surface area (Å²) in [5.74, 6) is 0.114. The van der Waals surface area contributed by atoms with E-state index in [9.17, 15) is 13.2 Å². The van der Waals surface area contributed by atoms with Gasteiger partial charge in [0, 0.05) is 19.6 Å². The van der Waals surface area contributed by atoms with Gasteiger partial charge in [0.05, 0.1) is 5.75 Å². The second-order valence-electron chi connectivity index (χ2n) is 6.96. The van der Waals surface area contributed by atoms with E-state index in [4.69, 9.17) is 5.73 Å². The number of hydrogen-bond acceptors (Lipinski definition) is 4. The van der Waals surface area contributed by atoms with Gasteiger partial charge in [0.25, 0.3) is 0 Å². The number of nitrogens with two attached hydrogens (primary N) is 1. The van der Waals surface area contributed by atoms with Gasteiger partial charge in [-0.3, -0.25) is 4.79 Å². The third kappa shape index (κ3) is 3.63. The normalized spacial score (nSPS) is 30.1. The fourth-order valence-electron chi connectivity index (χ4n) is 3.35. The van der Waals surface area contributed by atoms with Crippen molar-refractivity contribution < 1.29 is 13.2 Å². The zero-order valence-electron chi connectivity index (χ0n) is 13.8. The van der Waals surface area contributed by atoms with Crippen LogP contribution in [0.2, 0.25) is 0 Å².